The van der Waals surface area contributed by atoms with E-state index in [0.29, 0.717) is 0 Å². The summed E-state index contributed by atoms with van der Waals surface area (Å²) >= 11 is 0. The molecule has 0 spiro atoms. The van der Waals surface area contributed by atoms with Crippen LogP contribution in [-0.4, -0.2) is 18.0 Å². The third-order valence-electron chi connectivity index (χ3n) is 5.14. The van der Waals surface area contributed by atoms with Crippen molar-refractivity contribution in [3.63, 3.8) is 0 Å². The van der Waals surface area contributed by atoms with Crippen LogP contribution in [0.2, 0.25) is 0 Å². The van der Waals surface area contributed by atoms with Gasteiger partial charge in [-0.1, -0.05) is 20.8 Å². The number of hydrogen-bond donors (Lipinski definition) is 0. The first-order valence-electron chi connectivity index (χ1n) is 8.87. The zero-order chi connectivity index (χ0) is 20.8. The summed E-state index contributed by atoms with van der Waals surface area (Å²) in [5, 5.41) is 0. The van der Waals surface area contributed by atoms with Gasteiger partial charge in [0, 0.05) is 12.0 Å². The number of halogens is 5. The van der Waals surface area contributed by atoms with Gasteiger partial charge in [0.15, 0.2) is 29.1 Å². The van der Waals surface area contributed by atoms with Crippen LogP contribution in [0.3, 0.4) is 0 Å². The van der Waals surface area contributed by atoms with E-state index in [1.54, 1.807) is 0 Å². The fourth-order valence-electron chi connectivity index (χ4n) is 3.23. The number of Topliss-reactive ketones (excluding diaryl/α,β-unsaturated/α-hetero) is 1. The van der Waals surface area contributed by atoms with Gasteiger partial charge in [0.05, 0.1) is 6.61 Å². The van der Waals surface area contributed by atoms with Crippen molar-refractivity contribution in [1.82, 2.24) is 0 Å². The van der Waals surface area contributed by atoms with E-state index in [0.717, 1.165) is 19.3 Å². The number of rotatable bonds is 8. The third-order valence-corrected chi connectivity index (χ3v) is 5.14. The number of ketones is 1. The van der Waals surface area contributed by atoms with Crippen LogP contribution in [0.25, 0.3) is 0 Å². The molecule has 0 atom stereocenters. The molecular formula is C20H25F5O2. The van der Waals surface area contributed by atoms with Crippen molar-refractivity contribution < 1.29 is 31.5 Å². The Morgan fingerprint density at radius 2 is 1.37 bits per heavy atom. The molecule has 0 radical (unpaired) electrons. The van der Waals surface area contributed by atoms with E-state index in [9.17, 15) is 26.7 Å². The molecule has 1 aromatic carbocycles. The largest absolute Gasteiger partial charge is 0.367 e. The highest BCUT2D eigenvalue weighted by molar-refractivity contribution is 5.88. The molecule has 2 rings (SSSR count). The lowest BCUT2D eigenvalue weighted by atomic mass is 9.82. The molecule has 0 aliphatic heterocycles. The molecule has 7 heteroatoms. The predicted octanol–water partition coefficient (Wildman–Crippen LogP) is 5.51. The smallest absolute Gasteiger partial charge is 0.200 e. The van der Waals surface area contributed by atoms with Gasteiger partial charge in [-0.05, 0) is 43.9 Å². The quantitative estimate of drug-likeness (QED) is 0.331. The van der Waals surface area contributed by atoms with Crippen LogP contribution in [0, 0.1) is 39.9 Å². The summed E-state index contributed by atoms with van der Waals surface area (Å²) in [7, 11) is 0. The molecule has 0 saturated heterocycles. The normalized spacial score (nSPS) is 16.5. The van der Waals surface area contributed by atoms with Crippen molar-refractivity contribution >= 4 is 5.78 Å². The summed E-state index contributed by atoms with van der Waals surface area (Å²) in [5.41, 5.74) is -2.51. The second kappa shape index (κ2) is 7.15. The van der Waals surface area contributed by atoms with Gasteiger partial charge >= 0.3 is 0 Å². The molecule has 0 N–H and O–H groups in total. The van der Waals surface area contributed by atoms with Crippen LogP contribution in [0.1, 0.15) is 59.4 Å². The SMILES string of the molecule is CC(C)(COC(C)(C)C(=O)Cc1c(F)c(F)c(F)c(F)c1F)CC1(C)CC1. The number of benzene rings is 1. The monoisotopic (exact) mass is 392 g/mol. The van der Waals surface area contributed by atoms with Crippen molar-refractivity contribution in [2.24, 2.45) is 10.8 Å². The van der Waals surface area contributed by atoms with Crippen LogP contribution in [0.15, 0.2) is 0 Å². The Morgan fingerprint density at radius 3 is 1.81 bits per heavy atom. The highest BCUT2D eigenvalue weighted by atomic mass is 19.2. The zero-order valence-corrected chi connectivity index (χ0v) is 16.2. The standard InChI is InChI=1S/C20H25F5O2/c1-18(2,9-20(5)6-7-20)10-27-19(3,4)12(26)8-11-13(21)15(23)17(25)16(24)14(11)22/h6-10H2,1-5H3. The molecule has 0 heterocycles. The average Bonchev–Trinajstić information content (AvgIpc) is 3.29. The second-order valence-corrected chi connectivity index (χ2v) is 9.10. The van der Waals surface area contributed by atoms with Crippen LogP contribution < -0.4 is 0 Å². The van der Waals surface area contributed by atoms with Crippen molar-refractivity contribution in [3.8, 4) is 0 Å². The zero-order valence-electron chi connectivity index (χ0n) is 16.2. The predicted molar refractivity (Wildman–Crippen MR) is 90.7 cm³/mol. The molecule has 0 amide bonds. The molecule has 27 heavy (non-hydrogen) atoms. The molecular weight excluding hydrogens is 367 g/mol. The summed E-state index contributed by atoms with van der Waals surface area (Å²) in [6.07, 6.45) is 2.23. The Kier molecular flexibility index (Phi) is 5.77. The Bertz CT molecular complexity index is 722. The maximum atomic E-state index is 13.8. The van der Waals surface area contributed by atoms with Gasteiger partial charge in [0.2, 0.25) is 5.82 Å². The lowest BCUT2D eigenvalue weighted by Crippen LogP contribution is -2.40. The summed E-state index contributed by atoms with van der Waals surface area (Å²) in [6, 6.07) is 0. The van der Waals surface area contributed by atoms with E-state index in [2.05, 4.69) is 6.92 Å². The van der Waals surface area contributed by atoms with Crippen molar-refractivity contribution in [1.29, 1.82) is 0 Å². The van der Waals surface area contributed by atoms with Crippen molar-refractivity contribution in [2.45, 2.75) is 65.9 Å². The molecule has 1 aliphatic carbocycles. The molecule has 152 valence electrons. The fourth-order valence-corrected chi connectivity index (χ4v) is 3.23. The van der Waals surface area contributed by atoms with E-state index in [4.69, 9.17) is 4.74 Å². The first kappa shape index (κ1) is 21.8. The molecule has 1 saturated carbocycles. The molecule has 0 aromatic heterocycles. The van der Waals surface area contributed by atoms with Crippen molar-refractivity contribution in [2.75, 3.05) is 6.61 Å². The third kappa shape index (κ3) is 4.86. The van der Waals surface area contributed by atoms with E-state index in [-0.39, 0.29) is 17.4 Å². The summed E-state index contributed by atoms with van der Waals surface area (Å²) < 4.78 is 73.1. The average molecular weight is 392 g/mol. The van der Waals surface area contributed by atoms with Crippen LogP contribution >= 0.6 is 0 Å². The van der Waals surface area contributed by atoms with Crippen LogP contribution in [0.5, 0.6) is 0 Å². The van der Waals surface area contributed by atoms with Gasteiger partial charge in [-0.15, -0.1) is 0 Å². The number of hydrogen-bond acceptors (Lipinski definition) is 2. The second-order valence-electron chi connectivity index (χ2n) is 9.10. The maximum Gasteiger partial charge on any atom is 0.200 e. The Hall–Kier alpha value is -1.50. The number of ether oxygens (including phenoxy) is 1. The van der Waals surface area contributed by atoms with Gasteiger partial charge < -0.3 is 4.74 Å². The lowest BCUT2D eigenvalue weighted by molar-refractivity contribution is -0.143. The van der Waals surface area contributed by atoms with Gasteiger partial charge in [-0.2, -0.15) is 0 Å². The summed E-state index contributed by atoms with van der Waals surface area (Å²) in [6.45, 7) is 9.27. The molecule has 0 bridgehead atoms. The Labute approximate surface area is 156 Å². The molecule has 1 aromatic rings. The first-order chi connectivity index (χ1) is 12.2. The summed E-state index contributed by atoms with van der Waals surface area (Å²) in [5.74, 6) is -11.1. The maximum absolute atomic E-state index is 13.8. The minimum absolute atomic E-state index is 0.215. The van der Waals surface area contributed by atoms with Gasteiger partial charge in [-0.3, -0.25) is 4.79 Å². The Balaban J connectivity index is 2.10. The molecule has 1 fully saturated rings. The fraction of sp³-hybridized carbons (Fsp3) is 0.650. The number of carbonyl (C=O) groups excluding carboxylic acids is 1. The van der Waals surface area contributed by atoms with Crippen LogP contribution in [-0.2, 0) is 16.0 Å². The van der Waals surface area contributed by atoms with E-state index >= 15 is 0 Å². The topological polar surface area (TPSA) is 26.3 Å². The first-order valence-corrected chi connectivity index (χ1v) is 8.87. The minimum atomic E-state index is -2.24. The minimum Gasteiger partial charge on any atom is -0.367 e. The van der Waals surface area contributed by atoms with E-state index < -0.39 is 52.5 Å². The Morgan fingerprint density at radius 1 is 0.926 bits per heavy atom. The summed E-state index contributed by atoms with van der Waals surface area (Å²) in [4.78, 5) is 12.5. The molecule has 1 aliphatic rings. The van der Waals surface area contributed by atoms with Gasteiger partial charge in [0.1, 0.15) is 5.60 Å². The van der Waals surface area contributed by atoms with Crippen LogP contribution in [0.4, 0.5) is 22.0 Å². The van der Waals surface area contributed by atoms with Crippen molar-refractivity contribution in [3.05, 3.63) is 34.6 Å². The molecule has 0 unspecified atom stereocenters. The van der Waals surface area contributed by atoms with E-state index in [1.165, 1.54) is 13.8 Å². The highest BCUT2D eigenvalue weighted by Gasteiger charge is 2.43. The lowest BCUT2D eigenvalue weighted by Gasteiger charge is -2.33. The number of carbonyl (C=O) groups is 1. The van der Waals surface area contributed by atoms with Gasteiger partial charge in [0.25, 0.3) is 0 Å². The highest BCUT2D eigenvalue weighted by Crippen LogP contribution is 2.52. The van der Waals surface area contributed by atoms with E-state index in [1.807, 2.05) is 13.8 Å². The van der Waals surface area contributed by atoms with Gasteiger partial charge in [-0.25, -0.2) is 22.0 Å². The molecule has 2 nitrogen and oxygen atoms in total.